The summed E-state index contributed by atoms with van der Waals surface area (Å²) in [5.41, 5.74) is 1.21. The summed E-state index contributed by atoms with van der Waals surface area (Å²) in [4.78, 5) is 26.6. The van der Waals surface area contributed by atoms with Gasteiger partial charge in [0.15, 0.2) is 11.5 Å². The van der Waals surface area contributed by atoms with E-state index in [4.69, 9.17) is 9.47 Å². The summed E-state index contributed by atoms with van der Waals surface area (Å²) in [6.07, 6.45) is 0. The standard InChI is InChI=1S/C21H21N3O6S2/c1-2-24-16-5-4-15(12-19(16)31-21(24)26)32(27,28)23-9-7-22(8-10-23)20(25)14-3-6-17-18(11-14)30-13-29-17/h3-6,11-12H,2,7-10,13H2,1H3. The zero-order chi connectivity index (χ0) is 22.5. The first-order valence-electron chi connectivity index (χ1n) is 10.2. The van der Waals surface area contributed by atoms with E-state index in [1.807, 2.05) is 6.92 Å². The van der Waals surface area contributed by atoms with Gasteiger partial charge < -0.3 is 14.4 Å². The summed E-state index contributed by atoms with van der Waals surface area (Å²) in [5.74, 6) is 0.966. The second-order valence-electron chi connectivity index (χ2n) is 7.51. The Kier molecular flexibility index (Phi) is 5.19. The molecule has 2 aliphatic rings. The van der Waals surface area contributed by atoms with Crippen LogP contribution in [0, 0.1) is 0 Å². The van der Waals surface area contributed by atoms with Crippen molar-refractivity contribution in [2.45, 2.75) is 18.4 Å². The normalized spacial score (nSPS) is 16.6. The van der Waals surface area contributed by atoms with Gasteiger partial charge >= 0.3 is 4.87 Å². The molecule has 3 heterocycles. The number of fused-ring (bicyclic) bond motifs is 2. The van der Waals surface area contributed by atoms with Crippen molar-refractivity contribution in [2.24, 2.45) is 0 Å². The number of carbonyl (C=O) groups is 1. The molecule has 2 aromatic carbocycles. The van der Waals surface area contributed by atoms with Crippen LogP contribution in [0.3, 0.4) is 0 Å². The molecule has 5 rings (SSSR count). The van der Waals surface area contributed by atoms with E-state index >= 15 is 0 Å². The number of rotatable bonds is 4. The Hall–Kier alpha value is -2.89. The highest BCUT2D eigenvalue weighted by molar-refractivity contribution is 7.89. The fraction of sp³-hybridized carbons (Fsp3) is 0.333. The third kappa shape index (κ3) is 3.46. The quantitative estimate of drug-likeness (QED) is 0.572. The molecule has 0 aliphatic carbocycles. The van der Waals surface area contributed by atoms with E-state index < -0.39 is 10.0 Å². The minimum atomic E-state index is -3.73. The summed E-state index contributed by atoms with van der Waals surface area (Å²) in [5, 5.41) is 0. The molecule has 9 nitrogen and oxygen atoms in total. The molecule has 0 spiro atoms. The molecule has 168 valence electrons. The Morgan fingerprint density at radius 2 is 1.78 bits per heavy atom. The summed E-state index contributed by atoms with van der Waals surface area (Å²) in [7, 11) is -3.73. The van der Waals surface area contributed by atoms with Crippen molar-refractivity contribution in [1.82, 2.24) is 13.8 Å². The van der Waals surface area contributed by atoms with Crippen LogP contribution >= 0.6 is 11.3 Å². The van der Waals surface area contributed by atoms with E-state index in [9.17, 15) is 18.0 Å². The minimum absolute atomic E-state index is 0.104. The molecule has 0 unspecified atom stereocenters. The van der Waals surface area contributed by atoms with Gasteiger partial charge in [-0.05, 0) is 43.3 Å². The van der Waals surface area contributed by atoms with Crippen LogP contribution in [0.2, 0.25) is 0 Å². The van der Waals surface area contributed by atoms with Gasteiger partial charge in [0.1, 0.15) is 0 Å². The van der Waals surface area contributed by atoms with E-state index in [1.54, 1.807) is 45.9 Å². The van der Waals surface area contributed by atoms with Crippen LogP contribution in [0.5, 0.6) is 11.5 Å². The fourth-order valence-corrected chi connectivity index (χ4v) is 6.52. The maximum absolute atomic E-state index is 13.2. The van der Waals surface area contributed by atoms with Crippen molar-refractivity contribution in [3.8, 4) is 11.5 Å². The van der Waals surface area contributed by atoms with Gasteiger partial charge in [0.2, 0.25) is 16.8 Å². The molecule has 2 aliphatic heterocycles. The lowest BCUT2D eigenvalue weighted by Crippen LogP contribution is -2.50. The minimum Gasteiger partial charge on any atom is -0.454 e. The number of aromatic nitrogens is 1. The number of benzene rings is 2. The van der Waals surface area contributed by atoms with Crippen LogP contribution in [-0.4, -0.2) is 61.1 Å². The number of piperazine rings is 1. The molecule has 1 amide bonds. The molecule has 0 bridgehead atoms. The average molecular weight is 476 g/mol. The largest absolute Gasteiger partial charge is 0.454 e. The Balaban J connectivity index is 1.31. The predicted molar refractivity (Wildman–Crippen MR) is 119 cm³/mol. The van der Waals surface area contributed by atoms with Gasteiger partial charge in [-0.2, -0.15) is 4.31 Å². The molecule has 11 heteroatoms. The third-order valence-corrected chi connectivity index (χ3v) is 8.58. The van der Waals surface area contributed by atoms with E-state index in [-0.39, 0.29) is 48.6 Å². The second-order valence-corrected chi connectivity index (χ2v) is 10.4. The van der Waals surface area contributed by atoms with Crippen LogP contribution in [-0.2, 0) is 16.6 Å². The van der Waals surface area contributed by atoms with Crippen LogP contribution in [0.25, 0.3) is 10.2 Å². The predicted octanol–water partition coefficient (Wildman–Crippen LogP) is 1.96. The number of ether oxygens (including phenoxy) is 2. The average Bonchev–Trinajstić information content (AvgIpc) is 3.40. The summed E-state index contributed by atoms with van der Waals surface area (Å²) in [6.45, 7) is 3.51. The van der Waals surface area contributed by atoms with Crippen molar-refractivity contribution in [1.29, 1.82) is 0 Å². The Morgan fingerprint density at radius 3 is 2.53 bits per heavy atom. The number of carbonyl (C=O) groups excluding carboxylic acids is 1. The van der Waals surface area contributed by atoms with Crippen LogP contribution in [0.15, 0.2) is 46.1 Å². The molecule has 0 saturated carbocycles. The van der Waals surface area contributed by atoms with E-state index in [2.05, 4.69) is 0 Å². The highest BCUT2D eigenvalue weighted by Gasteiger charge is 2.31. The van der Waals surface area contributed by atoms with Gasteiger partial charge in [-0.1, -0.05) is 11.3 Å². The highest BCUT2D eigenvalue weighted by atomic mass is 32.2. The van der Waals surface area contributed by atoms with E-state index in [0.29, 0.717) is 28.3 Å². The Labute approximate surface area is 188 Å². The first-order chi connectivity index (χ1) is 15.4. The number of thiazole rings is 1. The van der Waals surface area contributed by atoms with Gasteiger partial charge in [0.05, 0.1) is 15.1 Å². The van der Waals surface area contributed by atoms with Crippen molar-refractivity contribution in [2.75, 3.05) is 33.0 Å². The van der Waals surface area contributed by atoms with Crippen molar-refractivity contribution >= 4 is 37.5 Å². The third-order valence-electron chi connectivity index (χ3n) is 5.74. The maximum Gasteiger partial charge on any atom is 0.308 e. The fourth-order valence-electron chi connectivity index (χ4n) is 4.00. The lowest BCUT2D eigenvalue weighted by molar-refractivity contribution is 0.0697. The zero-order valence-electron chi connectivity index (χ0n) is 17.3. The van der Waals surface area contributed by atoms with Crippen LogP contribution in [0.1, 0.15) is 17.3 Å². The molecule has 1 fully saturated rings. The Morgan fingerprint density at radius 1 is 1.03 bits per heavy atom. The lowest BCUT2D eigenvalue weighted by Gasteiger charge is -2.34. The molecule has 1 aromatic heterocycles. The molecular weight excluding hydrogens is 454 g/mol. The van der Waals surface area contributed by atoms with Crippen molar-refractivity contribution in [3.63, 3.8) is 0 Å². The molecule has 32 heavy (non-hydrogen) atoms. The molecular formula is C21H21N3O6S2. The molecule has 0 N–H and O–H groups in total. The smallest absolute Gasteiger partial charge is 0.308 e. The lowest BCUT2D eigenvalue weighted by atomic mass is 10.1. The van der Waals surface area contributed by atoms with Gasteiger partial charge in [-0.3, -0.25) is 14.2 Å². The summed E-state index contributed by atoms with van der Waals surface area (Å²) in [6, 6.07) is 9.82. The monoisotopic (exact) mass is 475 g/mol. The van der Waals surface area contributed by atoms with Gasteiger partial charge in [-0.15, -0.1) is 0 Å². The SMILES string of the molecule is CCn1c(=O)sc2cc(S(=O)(=O)N3CCN(C(=O)c4ccc5c(c4)OCO5)CC3)ccc21. The molecule has 3 aromatic rings. The number of hydrogen-bond donors (Lipinski definition) is 0. The number of aryl methyl sites for hydroxylation is 1. The number of hydrogen-bond acceptors (Lipinski definition) is 7. The van der Waals surface area contributed by atoms with E-state index in [1.165, 1.54) is 4.31 Å². The van der Waals surface area contributed by atoms with Crippen molar-refractivity contribution < 1.29 is 22.7 Å². The number of nitrogens with zero attached hydrogens (tertiary/aromatic N) is 3. The molecule has 0 atom stereocenters. The summed E-state index contributed by atoms with van der Waals surface area (Å²) >= 11 is 1.04. The second kappa shape index (κ2) is 7.91. The first-order valence-corrected chi connectivity index (χ1v) is 12.5. The maximum atomic E-state index is 13.2. The van der Waals surface area contributed by atoms with Crippen molar-refractivity contribution in [3.05, 3.63) is 51.6 Å². The summed E-state index contributed by atoms with van der Waals surface area (Å²) < 4.78 is 40.6. The molecule has 0 radical (unpaired) electrons. The zero-order valence-corrected chi connectivity index (χ0v) is 18.9. The number of amides is 1. The van der Waals surface area contributed by atoms with Crippen LogP contribution in [0.4, 0.5) is 0 Å². The Bertz CT molecular complexity index is 1370. The van der Waals surface area contributed by atoms with E-state index in [0.717, 1.165) is 16.9 Å². The van der Waals surface area contributed by atoms with Gasteiger partial charge in [0, 0.05) is 38.3 Å². The number of sulfonamides is 1. The topological polar surface area (TPSA) is 98.2 Å². The van der Waals surface area contributed by atoms with Gasteiger partial charge in [-0.25, -0.2) is 8.42 Å². The van der Waals surface area contributed by atoms with Gasteiger partial charge in [0.25, 0.3) is 5.91 Å². The molecule has 1 saturated heterocycles. The highest BCUT2D eigenvalue weighted by Crippen LogP contribution is 2.33. The van der Waals surface area contributed by atoms with Crippen LogP contribution < -0.4 is 14.3 Å². The first kappa shape index (κ1) is 21.0.